The monoisotopic (exact) mass is 531 g/mol. The number of hydrogen-bond acceptors (Lipinski definition) is 6. The van der Waals surface area contributed by atoms with E-state index < -0.39 is 0 Å². The minimum atomic E-state index is -0.138. The molecule has 2 heterocycles. The maximum absolute atomic E-state index is 13.5. The molecule has 0 spiro atoms. The standard InChI is InChI=1S/C29H37N7O3/c1-3-26(37)24-16-21(19-33-8-10-36(11-9-33)29(31)32)17-25(18-24)28(39)35-14-12-34(13-15-35)27(38)23-6-4-22(5-7-23)20(2)30/h4-7,16-18,30H,3,8-15,19H2,1-2H3,(H3,31,32). The third kappa shape index (κ3) is 6.69. The lowest BCUT2D eigenvalue weighted by Gasteiger charge is -2.35. The average molecular weight is 532 g/mol. The number of guanidine groups is 1. The molecule has 10 heteroatoms. The molecule has 2 aliphatic rings. The van der Waals surface area contributed by atoms with E-state index in [4.69, 9.17) is 16.6 Å². The fourth-order valence-electron chi connectivity index (χ4n) is 5.02. The van der Waals surface area contributed by atoms with Crippen LogP contribution in [0.1, 0.15) is 62.5 Å². The van der Waals surface area contributed by atoms with Crippen LogP contribution in [-0.4, -0.2) is 101 Å². The Balaban J connectivity index is 1.42. The molecule has 0 saturated carbocycles. The summed E-state index contributed by atoms with van der Waals surface area (Å²) in [6, 6.07) is 12.5. The molecule has 206 valence electrons. The van der Waals surface area contributed by atoms with E-state index in [1.807, 2.05) is 24.0 Å². The maximum Gasteiger partial charge on any atom is 0.254 e. The molecule has 0 atom stereocenters. The quantitative estimate of drug-likeness (QED) is 0.285. The zero-order valence-corrected chi connectivity index (χ0v) is 22.7. The Kier molecular flexibility index (Phi) is 8.75. The van der Waals surface area contributed by atoms with E-state index in [0.717, 1.165) is 24.2 Å². The predicted octanol–water partition coefficient (Wildman–Crippen LogP) is 2.28. The number of nitrogens with zero attached hydrogens (tertiary/aromatic N) is 4. The van der Waals surface area contributed by atoms with Crippen molar-refractivity contribution in [2.45, 2.75) is 26.8 Å². The molecule has 2 fully saturated rings. The highest BCUT2D eigenvalue weighted by Crippen LogP contribution is 2.19. The van der Waals surface area contributed by atoms with Crippen molar-refractivity contribution in [1.82, 2.24) is 19.6 Å². The van der Waals surface area contributed by atoms with Gasteiger partial charge in [-0.15, -0.1) is 0 Å². The van der Waals surface area contributed by atoms with Crippen LogP contribution < -0.4 is 5.73 Å². The summed E-state index contributed by atoms with van der Waals surface area (Å²) < 4.78 is 0. The Labute approximate surface area is 229 Å². The molecule has 0 bridgehead atoms. The number of Topliss-reactive ketones (excluding diaryl/α,β-unsaturated/α-hetero) is 1. The zero-order chi connectivity index (χ0) is 28.1. The Morgan fingerprint density at radius 2 is 1.21 bits per heavy atom. The minimum Gasteiger partial charge on any atom is -0.370 e. The number of benzene rings is 2. The number of hydrogen-bond donors (Lipinski definition) is 3. The molecular weight excluding hydrogens is 494 g/mol. The van der Waals surface area contributed by atoms with Gasteiger partial charge in [0.05, 0.1) is 0 Å². The van der Waals surface area contributed by atoms with Crippen molar-refractivity contribution in [2.75, 3.05) is 52.4 Å². The third-order valence-electron chi connectivity index (χ3n) is 7.42. The van der Waals surface area contributed by atoms with Gasteiger partial charge in [0.2, 0.25) is 0 Å². The highest BCUT2D eigenvalue weighted by atomic mass is 16.2. The van der Waals surface area contributed by atoms with Crippen molar-refractivity contribution < 1.29 is 14.4 Å². The number of ketones is 1. The summed E-state index contributed by atoms with van der Waals surface area (Å²) in [5, 5.41) is 15.3. The molecule has 0 radical (unpaired) electrons. The van der Waals surface area contributed by atoms with Crippen molar-refractivity contribution in [3.8, 4) is 0 Å². The van der Waals surface area contributed by atoms with Crippen LogP contribution >= 0.6 is 0 Å². The molecule has 0 aromatic heterocycles. The number of nitrogens with two attached hydrogens (primary N) is 1. The number of rotatable bonds is 7. The number of carbonyl (C=O) groups excluding carboxylic acids is 3. The first-order valence-corrected chi connectivity index (χ1v) is 13.4. The SMILES string of the molecule is CCC(=O)c1cc(CN2CCN(C(=N)N)CC2)cc(C(=O)N2CCN(C(=O)c3ccc(C(C)=N)cc3)CC2)c1. The van der Waals surface area contributed by atoms with Crippen LogP contribution in [-0.2, 0) is 6.54 Å². The second kappa shape index (κ2) is 12.2. The van der Waals surface area contributed by atoms with Crippen molar-refractivity contribution in [3.05, 3.63) is 70.3 Å². The van der Waals surface area contributed by atoms with E-state index in [2.05, 4.69) is 4.90 Å². The van der Waals surface area contributed by atoms with Gasteiger partial charge in [0.15, 0.2) is 11.7 Å². The molecular formula is C29H37N7O3. The topological polar surface area (TPSA) is 138 Å². The zero-order valence-electron chi connectivity index (χ0n) is 22.7. The number of carbonyl (C=O) groups is 3. The van der Waals surface area contributed by atoms with E-state index in [9.17, 15) is 14.4 Å². The van der Waals surface area contributed by atoms with Gasteiger partial charge >= 0.3 is 0 Å². The lowest BCUT2D eigenvalue weighted by molar-refractivity contribution is 0.0535. The summed E-state index contributed by atoms with van der Waals surface area (Å²) in [5.41, 5.74) is 9.35. The van der Waals surface area contributed by atoms with Crippen LogP contribution in [0.25, 0.3) is 0 Å². The second-order valence-electron chi connectivity index (χ2n) is 10.1. The summed E-state index contributed by atoms with van der Waals surface area (Å²) in [7, 11) is 0. The third-order valence-corrected chi connectivity index (χ3v) is 7.42. The van der Waals surface area contributed by atoms with Crippen molar-refractivity contribution in [1.29, 1.82) is 10.8 Å². The minimum absolute atomic E-state index is 0.00746. The lowest BCUT2D eigenvalue weighted by Crippen LogP contribution is -2.50. The molecule has 2 saturated heterocycles. The first kappa shape index (κ1) is 28.0. The Morgan fingerprint density at radius 3 is 1.72 bits per heavy atom. The fourth-order valence-corrected chi connectivity index (χ4v) is 5.02. The Bertz CT molecular complexity index is 1260. The van der Waals surface area contributed by atoms with Gasteiger partial charge in [0.25, 0.3) is 11.8 Å². The molecule has 2 amide bonds. The lowest BCUT2D eigenvalue weighted by atomic mass is 10.00. The molecule has 39 heavy (non-hydrogen) atoms. The van der Waals surface area contributed by atoms with Crippen LogP contribution in [0.15, 0.2) is 42.5 Å². The Hall–Kier alpha value is -4.05. The van der Waals surface area contributed by atoms with E-state index in [1.54, 1.807) is 47.1 Å². The number of amides is 2. The van der Waals surface area contributed by atoms with E-state index >= 15 is 0 Å². The fraction of sp³-hybridized carbons (Fsp3) is 0.414. The number of piperazine rings is 2. The maximum atomic E-state index is 13.5. The highest BCUT2D eigenvalue weighted by molar-refractivity contribution is 6.01. The van der Waals surface area contributed by atoms with Gasteiger partial charge in [-0.1, -0.05) is 19.1 Å². The molecule has 2 aromatic carbocycles. The molecule has 10 nitrogen and oxygen atoms in total. The largest absolute Gasteiger partial charge is 0.370 e. The van der Waals surface area contributed by atoms with Crippen LogP contribution in [0.4, 0.5) is 0 Å². The summed E-state index contributed by atoms with van der Waals surface area (Å²) in [4.78, 5) is 46.6. The summed E-state index contributed by atoms with van der Waals surface area (Å²) in [6.07, 6.45) is 0.357. The van der Waals surface area contributed by atoms with Gasteiger partial charge in [0, 0.05) is 87.7 Å². The van der Waals surface area contributed by atoms with Crippen LogP contribution in [0.5, 0.6) is 0 Å². The smallest absolute Gasteiger partial charge is 0.254 e. The summed E-state index contributed by atoms with van der Waals surface area (Å²) in [6.45, 7) is 8.64. The summed E-state index contributed by atoms with van der Waals surface area (Å²) >= 11 is 0. The van der Waals surface area contributed by atoms with Crippen LogP contribution in [0.3, 0.4) is 0 Å². The second-order valence-corrected chi connectivity index (χ2v) is 10.1. The van der Waals surface area contributed by atoms with Gasteiger partial charge in [-0.2, -0.15) is 0 Å². The molecule has 0 aliphatic carbocycles. The predicted molar refractivity (Wildman–Crippen MR) is 151 cm³/mol. The van der Waals surface area contributed by atoms with E-state index in [0.29, 0.717) is 74.6 Å². The van der Waals surface area contributed by atoms with Gasteiger partial charge in [-0.3, -0.25) is 24.7 Å². The van der Waals surface area contributed by atoms with Gasteiger partial charge in [-0.05, 0) is 48.4 Å². The van der Waals surface area contributed by atoms with Crippen molar-refractivity contribution >= 4 is 29.3 Å². The Morgan fingerprint density at radius 1 is 0.718 bits per heavy atom. The van der Waals surface area contributed by atoms with E-state index in [1.165, 1.54) is 0 Å². The molecule has 0 unspecified atom stereocenters. The first-order chi connectivity index (χ1) is 18.7. The van der Waals surface area contributed by atoms with Crippen molar-refractivity contribution in [3.63, 3.8) is 0 Å². The molecule has 4 rings (SSSR count). The summed E-state index contributed by atoms with van der Waals surface area (Å²) in [5.74, 6) is -0.150. The normalized spacial score (nSPS) is 16.2. The van der Waals surface area contributed by atoms with Crippen LogP contribution in [0.2, 0.25) is 0 Å². The highest BCUT2D eigenvalue weighted by Gasteiger charge is 2.27. The first-order valence-electron chi connectivity index (χ1n) is 13.4. The number of nitrogens with one attached hydrogen (secondary N) is 2. The van der Waals surface area contributed by atoms with Gasteiger partial charge < -0.3 is 25.8 Å². The van der Waals surface area contributed by atoms with Gasteiger partial charge in [-0.25, -0.2) is 0 Å². The van der Waals surface area contributed by atoms with Crippen LogP contribution in [0, 0.1) is 10.8 Å². The molecule has 2 aromatic rings. The average Bonchev–Trinajstić information content (AvgIpc) is 2.96. The van der Waals surface area contributed by atoms with Gasteiger partial charge in [0.1, 0.15) is 0 Å². The molecule has 4 N–H and O–H groups in total. The molecule has 2 aliphatic heterocycles. The van der Waals surface area contributed by atoms with Crippen molar-refractivity contribution in [2.24, 2.45) is 5.73 Å². The van der Waals surface area contributed by atoms with E-state index in [-0.39, 0.29) is 23.6 Å².